The molecule has 0 saturated carbocycles. The molecule has 0 aliphatic rings. The van der Waals surface area contributed by atoms with E-state index in [-0.39, 0.29) is 17.0 Å². The molecule has 0 aliphatic heterocycles. The average Bonchev–Trinajstić information content (AvgIpc) is 3.19. The number of halogens is 1. The zero-order valence-corrected chi connectivity index (χ0v) is 14.3. The summed E-state index contributed by atoms with van der Waals surface area (Å²) in [4.78, 5) is 29.4. The first-order chi connectivity index (χ1) is 13.0. The summed E-state index contributed by atoms with van der Waals surface area (Å²) in [6.45, 7) is 1.69. The van der Waals surface area contributed by atoms with Crippen LogP contribution in [0.3, 0.4) is 0 Å². The molecule has 134 valence electrons. The predicted octanol–water partition coefficient (Wildman–Crippen LogP) is 3.68. The van der Waals surface area contributed by atoms with Crippen LogP contribution in [0.5, 0.6) is 0 Å². The second-order valence-electron chi connectivity index (χ2n) is 5.91. The predicted molar refractivity (Wildman–Crippen MR) is 98.7 cm³/mol. The molecule has 4 rings (SSSR count). The molecule has 0 fully saturated rings. The maximum Gasteiger partial charge on any atom is 0.291 e. The molecular weight excluding hydrogens is 349 g/mol. The smallest absolute Gasteiger partial charge is 0.291 e. The number of rotatable bonds is 3. The van der Waals surface area contributed by atoms with Crippen LogP contribution in [-0.4, -0.2) is 15.5 Å². The van der Waals surface area contributed by atoms with Gasteiger partial charge in [0.05, 0.1) is 28.5 Å². The van der Waals surface area contributed by atoms with Gasteiger partial charge in [0, 0.05) is 0 Å². The molecule has 1 amide bonds. The summed E-state index contributed by atoms with van der Waals surface area (Å²) in [6.07, 6.45) is 1.35. The molecule has 2 heterocycles. The van der Waals surface area contributed by atoms with Gasteiger partial charge in [-0.05, 0) is 49.4 Å². The molecule has 0 saturated heterocycles. The molecule has 0 bridgehead atoms. The molecule has 2 aromatic carbocycles. The van der Waals surface area contributed by atoms with Crippen LogP contribution < -0.4 is 10.9 Å². The summed E-state index contributed by atoms with van der Waals surface area (Å²) in [5, 5.41) is 2.91. The lowest BCUT2D eigenvalue weighted by atomic mass is 10.2. The summed E-state index contributed by atoms with van der Waals surface area (Å²) in [6, 6.07) is 14.1. The van der Waals surface area contributed by atoms with E-state index in [1.165, 1.54) is 35.1 Å². The van der Waals surface area contributed by atoms with Crippen molar-refractivity contribution in [2.75, 3.05) is 5.32 Å². The molecule has 6 nitrogen and oxygen atoms in total. The Morgan fingerprint density at radius 3 is 2.74 bits per heavy atom. The Morgan fingerprint density at radius 2 is 1.96 bits per heavy atom. The Labute approximate surface area is 152 Å². The van der Waals surface area contributed by atoms with Gasteiger partial charge in [0.1, 0.15) is 11.6 Å². The van der Waals surface area contributed by atoms with Crippen molar-refractivity contribution in [3.05, 3.63) is 88.6 Å². The zero-order valence-electron chi connectivity index (χ0n) is 14.3. The number of carbonyl (C=O) groups excluding carboxylic acids is 1. The normalized spacial score (nSPS) is 10.9. The van der Waals surface area contributed by atoms with Gasteiger partial charge in [-0.15, -0.1) is 0 Å². The lowest BCUT2D eigenvalue weighted by Gasteiger charge is -2.13. The Hall–Kier alpha value is -3.74. The number of hydrogen-bond donors (Lipinski definition) is 1. The molecule has 27 heavy (non-hydrogen) atoms. The highest BCUT2D eigenvalue weighted by Gasteiger charge is 2.15. The maximum absolute atomic E-state index is 14.2. The van der Waals surface area contributed by atoms with Crippen LogP contribution in [0.15, 0.2) is 70.1 Å². The fourth-order valence-corrected chi connectivity index (χ4v) is 2.89. The summed E-state index contributed by atoms with van der Waals surface area (Å²) >= 11 is 0. The van der Waals surface area contributed by atoms with Crippen molar-refractivity contribution in [1.29, 1.82) is 0 Å². The second-order valence-corrected chi connectivity index (χ2v) is 5.91. The number of fused-ring (bicyclic) bond motifs is 1. The van der Waals surface area contributed by atoms with Crippen LogP contribution in [0.2, 0.25) is 0 Å². The monoisotopic (exact) mass is 363 g/mol. The first-order valence-electron chi connectivity index (χ1n) is 8.18. The minimum Gasteiger partial charge on any atom is -0.459 e. The number of nitrogens with zero attached hydrogens (tertiary/aromatic N) is 2. The van der Waals surface area contributed by atoms with E-state index in [1.54, 1.807) is 37.3 Å². The number of aromatic nitrogens is 2. The standard InChI is InChI=1S/C20H14FN3O3/c1-12-22-16-6-3-2-5-14(16)20(26)24(12)13-8-9-15(21)17(11-13)23-19(25)18-7-4-10-27-18/h2-11H,1H3,(H,23,25). The quantitative estimate of drug-likeness (QED) is 0.602. The fraction of sp³-hybridized carbons (Fsp3) is 0.0500. The van der Waals surface area contributed by atoms with Gasteiger partial charge < -0.3 is 9.73 Å². The van der Waals surface area contributed by atoms with Crippen LogP contribution in [0.1, 0.15) is 16.4 Å². The van der Waals surface area contributed by atoms with E-state index in [0.717, 1.165) is 0 Å². The molecule has 0 radical (unpaired) electrons. The third-order valence-corrected chi connectivity index (χ3v) is 4.14. The number of carbonyl (C=O) groups is 1. The summed E-state index contributed by atoms with van der Waals surface area (Å²) in [5.41, 5.74) is 0.651. The van der Waals surface area contributed by atoms with Gasteiger partial charge in [-0.1, -0.05) is 12.1 Å². The summed E-state index contributed by atoms with van der Waals surface area (Å²) in [7, 11) is 0. The molecule has 0 aliphatic carbocycles. The van der Waals surface area contributed by atoms with Crippen molar-refractivity contribution in [3.63, 3.8) is 0 Å². The van der Waals surface area contributed by atoms with Crippen LogP contribution >= 0.6 is 0 Å². The van der Waals surface area contributed by atoms with E-state index < -0.39 is 11.7 Å². The van der Waals surface area contributed by atoms with Gasteiger partial charge in [0.25, 0.3) is 11.5 Å². The topological polar surface area (TPSA) is 77.1 Å². The van der Waals surface area contributed by atoms with Crippen LogP contribution in [0.25, 0.3) is 16.6 Å². The van der Waals surface area contributed by atoms with Gasteiger partial charge in [-0.2, -0.15) is 0 Å². The SMILES string of the molecule is Cc1nc2ccccc2c(=O)n1-c1ccc(F)c(NC(=O)c2ccco2)c1. The number of aryl methyl sites for hydroxylation is 1. The van der Waals surface area contributed by atoms with E-state index in [2.05, 4.69) is 10.3 Å². The Bertz CT molecular complexity index is 1210. The van der Waals surface area contributed by atoms with Crippen molar-refractivity contribution in [3.8, 4) is 5.69 Å². The lowest BCUT2D eigenvalue weighted by Crippen LogP contribution is -2.22. The maximum atomic E-state index is 14.2. The summed E-state index contributed by atoms with van der Waals surface area (Å²) in [5.74, 6) is -0.705. The molecule has 0 atom stereocenters. The number of anilines is 1. The van der Waals surface area contributed by atoms with Crippen LogP contribution in [0, 0.1) is 12.7 Å². The first kappa shape index (κ1) is 16.7. The molecule has 0 spiro atoms. The minimum absolute atomic E-state index is 0.0560. The van der Waals surface area contributed by atoms with Gasteiger partial charge in [0.15, 0.2) is 5.76 Å². The van der Waals surface area contributed by atoms with Crippen molar-refractivity contribution < 1.29 is 13.6 Å². The third kappa shape index (κ3) is 2.99. The van der Waals surface area contributed by atoms with Crippen LogP contribution in [0.4, 0.5) is 10.1 Å². The third-order valence-electron chi connectivity index (χ3n) is 4.14. The second kappa shape index (κ2) is 6.53. The number of hydrogen-bond acceptors (Lipinski definition) is 4. The highest BCUT2D eigenvalue weighted by atomic mass is 19.1. The van der Waals surface area contributed by atoms with Crippen molar-refractivity contribution in [1.82, 2.24) is 9.55 Å². The van der Waals surface area contributed by atoms with E-state index >= 15 is 0 Å². The number of nitrogens with one attached hydrogen (secondary N) is 1. The van der Waals surface area contributed by atoms with E-state index in [0.29, 0.717) is 22.4 Å². The Balaban J connectivity index is 1.81. The van der Waals surface area contributed by atoms with Gasteiger partial charge >= 0.3 is 0 Å². The summed E-state index contributed by atoms with van der Waals surface area (Å²) < 4.78 is 20.6. The number of furan rings is 1. The number of para-hydroxylation sites is 1. The molecule has 4 aromatic rings. The zero-order chi connectivity index (χ0) is 19.0. The van der Waals surface area contributed by atoms with E-state index in [1.807, 2.05) is 0 Å². The Kier molecular flexibility index (Phi) is 4.04. The Morgan fingerprint density at radius 1 is 1.15 bits per heavy atom. The first-order valence-corrected chi connectivity index (χ1v) is 8.18. The van der Waals surface area contributed by atoms with Crippen molar-refractivity contribution in [2.24, 2.45) is 0 Å². The van der Waals surface area contributed by atoms with E-state index in [9.17, 15) is 14.0 Å². The van der Waals surface area contributed by atoms with Gasteiger partial charge in [-0.3, -0.25) is 14.2 Å². The van der Waals surface area contributed by atoms with Crippen LogP contribution in [-0.2, 0) is 0 Å². The fourth-order valence-electron chi connectivity index (χ4n) is 2.89. The average molecular weight is 363 g/mol. The molecule has 0 unspecified atom stereocenters. The van der Waals surface area contributed by atoms with Gasteiger partial charge in [-0.25, -0.2) is 9.37 Å². The number of amides is 1. The number of benzene rings is 2. The largest absolute Gasteiger partial charge is 0.459 e. The minimum atomic E-state index is -0.627. The highest BCUT2D eigenvalue weighted by molar-refractivity contribution is 6.02. The molecular formula is C20H14FN3O3. The molecule has 2 aromatic heterocycles. The highest BCUT2D eigenvalue weighted by Crippen LogP contribution is 2.21. The van der Waals surface area contributed by atoms with Crippen molar-refractivity contribution >= 4 is 22.5 Å². The molecule has 1 N–H and O–H groups in total. The van der Waals surface area contributed by atoms with E-state index in [4.69, 9.17) is 4.42 Å². The lowest BCUT2D eigenvalue weighted by molar-refractivity contribution is 0.0996. The van der Waals surface area contributed by atoms with Crippen molar-refractivity contribution in [2.45, 2.75) is 6.92 Å². The molecule has 7 heteroatoms. The van der Waals surface area contributed by atoms with Gasteiger partial charge in [0.2, 0.25) is 0 Å².